The van der Waals surface area contributed by atoms with Gasteiger partial charge < -0.3 is 11.1 Å². The zero-order valence-electron chi connectivity index (χ0n) is 14.9. The Kier molecular flexibility index (Phi) is 4.80. The minimum absolute atomic E-state index is 0.0364. The highest BCUT2D eigenvalue weighted by Crippen LogP contribution is 2.40. The molecule has 0 aliphatic heterocycles. The van der Waals surface area contributed by atoms with Crippen LogP contribution in [0.1, 0.15) is 47.5 Å². The van der Waals surface area contributed by atoms with E-state index in [4.69, 9.17) is 5.73 Å². The van der Waals surface area contributed by atoms with E-state index in [-0.39, 0.29) is 23.8 Å². The number of carbonyl (C=O) groups excluding carboxylic acids is 1. The fourth-order valence-electron chi connectivity index (χ4n) is 4.56. The number of carbonyl (C=O) groups is 1. The Bertz CT molecular complexity index is 790. The maximum Gasteiger partial charge on any atom is 0.263 e. The molecular weight excluding hydrogens is 349 g/mol. The van der Waals surface area contributed by atoms with Gasteiger partial charge in [0.05, 0.1) is 5.69 Å². The number of hydrogen-bond donors (Lipinski definition) is 2. The molecule has 2 saturated carbocycles. The molecule has 2 aliphatic carbocycles. The first-order valence-electron chi connectivity index (χ1n) is 9.31. The van der Waals surface area contributed by atoms with E-state index < -0.39 is 0 Å². The number of amides is 1. The molecular formula is C20H24FN3OS. The van der Waals surface area contributed by atoms with Gasteiger partial charge in [0, 0.05) is 17.6 Å². The number of nitrogens with two attached hydrogens (primary N) is 1. The fourth-order valence-corrected chi connectivity index (χ4v) is 5.54. The molecule has 2 atom stereocenters. The van der Waals surface area contributed by atoms with E-state index in [0.29, 0.717) is 16.7 Å². The quantitative estimate of drug-likeness (QED) is 0.858. The third-order valence-electron chi connectivity index (χ3n) is 5.77. The summed E-state index contributed by atoms with van der Waals surface area (Å²) in [5, 5.41) is 4.04. The third-order valence-corrected chi connectivity index (χ3v) is 6.97. The number of fused-ring (bicyclic) bond motifs is 2. The smallest absolute Gasteiger partial charge is 0.263 e. The first kappa shape index (κ1) is 17.6. The molecule has 2 bridgehead atoms. The first-order valence-corrected chi connectivity index (χ1v) is 10.1. The Morgan fingerprint density at radius 3 is 2.54 bits per heavy atom. The van der Waals surface area contributed by atoms with E-state index in [9.17, 15) is 9.18 Å². The zero-order chi connectivity index (χ0) is 18.3. The van der Waals surface area contributed by atoms with Crippen molar-refractivity contribution in [1.82, 2.24) is 10.3 Å². The van der Waals surface area contributed by atoms with Crippen molar-refractivity contribution in [3.8, 4) is 10.6 Å². The maximum atomic E-state index is 13.1. The van der Waals surface area contributed by atoms with Crippen LogP contribution in [0.4, 0.5) is 4.39 Å². The lowest BCUT2D eigenvalue weighted by Crippen LogP contribution is -2.53. The number of nitrogens with one attached hydrogen (secondary N) is 1. The van der Waals surface area contributed by atoms with Crippen LogP contribution in [-0.4, -0.2) is 23.0 Å². The highest BCUT2D eigenvalue weighted by Gasteiger charge is 2.40. The highest BCUT2D eigenvalue weighted by atomic mass is 32.1. The normalized spacial score (nSPS) is 28.0. The molecule has 2 aromatic rings. The van der Waals surface area contributed by atoms with E-state index in [1.807, 2.05) is 6.92 Å². The molecule has 4 nitrogen and oxygen atoms in total. The highest BCUT2D eigenvalue weighted by molar-refractivity contribution is 7.17. The summed E-state index contributed by atoms with van der Waals surface area (Å²) in [6.07, 6.45) is 5.55. The number of halogens is 1. The first-order chi connectivity index (χ1) is 12.5. The van der Waals surface area contributed by atoms with Crippen LogP contribution in [0.25, 0.3) is 10.6 Å². The second-order valence-corrected chi connectivity index (χ2v) is 8.62. The van der Waals surface area contributed by atoms with Crippen molar-refractivity contribution in [3.63, 3.8) is 0 Å². The topological polar surface area (TPSA) is 68.0 Å². The summed E-state index contributed by atoms with van der Waals surface area (Å²) in [5.41, 5.74) is 7.74. The predicted octanol–water partition coefficient (Wildman–Crippen LogP) is 3.89. The van der Waals surface area contributed by atoms with Crippen molar-refractivity contribution in [2.75, 3.05) is 0 Å². The molecule has 1 aromatic heterocycles. The molecule has 0 spiro atoms. The van der Waals surface area contributed by atoms with Crippen LogP contribution in [0, 0.1) is 24.6 Å². The standard InChI is InChI=1S/C20H24FN3OS/c1-11-18(26-20(23-11)12-5-7-15(21)8-6-12)19(25)24-17-13-3-2-4-14(17)10-16(22)9-13/h5-8,13-14,16-17H,2-4,9-10,22H2,1H3,(H,24,25). The summed E-state index contributed by atoms with van der Waals surface area (Å²) in [6, 6.07) is 6.72. The fraction of sp³-hybridized carbons (Fsp3) is 0.500. The summed E-state index contributed by atoms with van der Waals surface area (Å²) in [7, 11) is 0. The van der Waals surface area contributed by atoms with Gasteiger partial charge >= 0.3 is 0 Å². The molecule has 3 N–H and O–H groups in total. The van der Waals surface area contributed by atoms with Gasteiger partial charge in [-0.3, -0.25) is 4.79 Å². The molecule has 2 unspecified atom stereocenters. The Labute approximate surface area is 157 Å². The third kappa shape index (κ3) is 3.40. The second kappa shape index (κ2) is 7.08. The second-order valence-electron chi connectivity index (χ2n) is 7.62. The van der Waals surface area contributed by atoms with Gasteiger partial charge in [0.25, 0.3) is 5.91 Å². The number of rotatable bonds is 3. The average molecular weight is 373 g/mol. The molecule has 0 saturated heterocycles. The molecule has 1 aromatic carbocycles. The van der Waals surface area contributed by atoms with Gasteiger partial charge in [-0.1, -0.05) is 6.42 Å². The molecule has 0 radical (unpaired) electrons. The van der Waals surface area contributed by atoms with Gasteiger partial charge in [0.2, 0.25) is 0 Å². The van der Waals surface area contributed by atoms with Crippen molar-refractivity contribution in [2.24, 2.45) is 17.6 Å². The van der Waals surface area contributed by atoms with Crippen LogP contribution in [-0.2, 0) is 0 Å². The Morgan fingerprint density at radius 2 is 1.88 bits per heavy atom. The lowest BCUT2D eigenvalue weighted by molar-refractivity contribution is 0.0759. The Morgan fingerprint density at radius 1 is 1.23 bits per heavy atom. The van der Waals surface area contributed by atoms with E-state index in [1.165, 1.54) is 29.9 Å². The van der Waals surface area contributed by atoms with Crippen molar-refractivity contribution in [2.45, 2.75) is 51.1 Å². The maximum absolute atomic E-state index is 13.1. The minimum atomic E-state index is -0.276. The average Bonchev–Trinajstić information content (AvgIpc) is 2.98. The largest absolute Gasteiger partial charge is 0.348 e. The van der Waals surface area contributed by atoms with Crippen LogP contribution in [0.2, 0.25) is 0 Å². The lowest BCUT2D eigenvalue weighted by Gasteiger charge is -2.45. The lowest BCUT2D eigenvalue weighted by atomic mass is 9.67. The number of hydrogen-bond acceptors (Lipinski definition) is 4. The number of aromatic nitrogens is 1. The van der Waals surface area contributed by atoms with Crippen molar-refractivity contribution < 1.29 is 9.18 Å². The molecule has 138 valence electrons. The van der Waals surface area contributed by atoms with Crippen LogP contribution >= 0.6 is 11.3 Å². The molecule has 2 fully saturated rings. The van der Waals surface area contributed by atoms with Gasteiger partial charge in [-0.15, -0.1) is 11.3 Å². The summed E-state index contributed by atoms with van der Waals surface area (Å²) in [5.74, 6) is 0.672. The Balaban J connectivity index is 1.52. The van der Waals surface area contributed by atoms with Crippen LogP contribution in [0.5, 0.6) is 0 Å². The molecule has 1 heterocycles. The van der Waals surface area contributed by atoms with E-state index >= 15 is 0 Å². The zero-order valence-corrected chi connectivity index (χ0v) is 15.7. The Hall–Kier alpha value is -1.79. The monoisotopic (exact) mass is 373 g/mol. The van der Waals surface area contributed by atoms with Gasteiger partial charge in [-0.2, -0.15) is 0 Å². The van der Waals surface area contributed by atoms with E-state index in [2.05, 4.69) is 10.3 Å². The van der Waals surface area contributed by atoms with Gasteiger partial charge in [-0.25, -0.2) is 9.37 Å². The number of benzene rings is 1. The number of aryl methyl sites for hydroxylation is 1. The summed E-state index contributed by atoms with van der Waals surface area (Å²) >= 11 is 1.37. The van der Waals surface area contributed by atoms with Crippen molar-refractivity contribution in [3.05, 3.63) is 40.7 Å². The molecule has 4 rings (SSSR count). The van der Waals surface area contributed by atoms with E-state index in [0.717, 1.165) is 41.9 Å². The van der Waals surface area contributed by atoms with Crippen LogP contribution < -0.4 is 11.1 Å². The molecule has 26 heavy (non-hydrogen) atoms. The molecule has 2 aliphatic rings. The number of thiazole rings is 1. The van der Waals surface area contributed by atoms with Gasteiger partial charge in [0.1, 0.15) is 15.7 Å². The van der Waals surface area contributed by atoms with Crippen LogP contribution in [0.3, 0.4) is 0 Å². The summed E-state index contributed by atoms with van der Waals surface area (Å²) < 4.78 is 13.1. The van der Waals surface area contributed by atoms with Gasteiger partial charge in [0.15, 0.2) is 0 Å². The summed E-state index contributed by atoms with van der Waals surface area (Å²) in [4.78, 5) is 18.1. The van der Waals surface area contributed by atoms with Crippen molar-refractivity contribution in [1.29, 1.82) is 0 Å². The predicted molar refractivity (Wildman–Crippen MR) is 102 cm³/mol. The van der Waals surface area contributed by atoms with Crippen LogP contribution in [0.15, 0.2) is 24.3 Å². The number of nitrogens with zero attached hydrogens (tertiary/aromatic N) is 1. The molecule has 1 amide bonds. The molecule has 6 heteroatoms. The van der Waals surface area contributed by atoms with E-state index in [1.54, 1.807) is 12.1 Å². The summed E-state index contributed by atoms with van der Waals surface area (Å²) in [6.45, 7) is 1.86. The SMILES string of the molecule is Cc1nc(-c2ccc(F)cc2)sc1C(=O)NC1C2CCCC1CC(N)C2. The van der Waals surface area contributed by atoms with Gasteiger partial charge in [-0.05, 0) is 68.7 Å². The minimum Gasteiger partial charge on any atom is -0.348 e. The van der Waals surface area contributed by atoms with Crippen molar-refractivity contribution >= 4 is 17.2 Å².